The molecule has 0 spiro atoms. The first-order valence-electron chi connectivity index (χ1n) is 5.58. The average molecular weight is 188 g/mol. The van der Waals surface area contributed by atoms with E-state index in [0.29, 0.717) is 23.5 Å². The summed E-state index contributed by atoms with van der Waals surface area (Å²) in [6, 6.07) is 0. The Balaban J connectivity index is 1.99. The Morgan fingerprint density at radius 3 is 3.07 bits per heavy atom. The molecular weight excluding hydrogens is 172 g/mol. The van der Waals surface area contributed by atoms with Gasteiger partial charge in [0.2, 0.25) is 0 Å². The van der Waals surface area contributed by atoms with Gasteiger partial charge in [0, 0.05) is 12.8 Å². The van der Waals surface area contributed by atoms with E-state index >= 15 is 0 Å². The highest BCUT2D eigenvalue weighted by molar-refractivity contribution is 5.81. The van der Waals surface area contributed by atoms with Crippen molar-refractivity contribution in [1.82, 2.24) is 0 Å². The summed E-state index contributed by atoms with van der Waals surface area (Å²) in [5.74, 6) is 2.48. The van der Waals surface area contributed by atoms with Crippen LogP contribution in [0.2, 0.25) is 0 Å². The summed E-state index contributed by atoms with van der Waals surface area (Å²) in [7, 11) is 0. The highest BCUT2D eigenvalue weighted by Gasteiger charge is 2.53. The minimum atomic E-state index is 0.283. The fourth-order valence-electron chi connectivity index (χ4n) is 3.75. The summed E-state index contributed by atoms with van der Waals surface area (Å²) in [5.41, 5.74) is 0.283. The lowest BCUT2D eigenvalue weighted by Crippen LogP contribution is -2.27. The molecule has 74 valence electrons. The second kappa shape index (κ2) is 2.59. The van der Waals surface area contributed by atoms with Crippen molar-refractivity contribution in [3.63, 3.8) is 0 Å². The minimum absolute atomic E-state index is 0.283. The lowest BCUT2D eigenvalue weighted by Gasteiger charge is -2.33. The zero-order chi connectivity index (χ0) is 9.76. The first-order chi connectivity index (χ1) is 6.70. The quantitative estimate of drug-likeness (QED) is 0.571. The lowest BCUT2D eigenvalue weighted by atomic mass is 9.71. The van der Waals surface area contributed by atoms with Gasteiger partial charge in [0.25, 0.3) is 0 Å². The van der Waals surface area contributed by atoms with E-state index in [9.17, 15) is 4.79 Å². The molecule has 0 aromatic carbocycles. The van der Waals surface area contributed by atoms with Crippen LogP contribution in [-0.4, -0.2) is 5.78 Å². The van der Waals surface area contributed by atoms with Crippen LogP contribution in [0, 0.1) is 23.2 Å². The van der Waals surface area contributed by atoms with Crippen molar-refractivity contribution in [2.75, 3.05) is 0 Å². The van der Waals surface area contributed by atoms with Gasteiger partial charge in [-0.25, -0.2) is 0 Å². The molecule has 4 atom stereocenters. The van der Waals surface area contributed by atoms with Crippen molar-refractivity contribution in [3.8, 4) is 0 Å². The summed E-state index contributed by atoms with van der Waals surface area (Å²) < 4.78 is 0. The summed E-state index contributed by atoms with van der Waals surface area (Å²) in [5, 5.41) is 0. The molecule has 0 aromatic rings. The second-order valence-corrected chi connectivity index (χ2v) is 5.27. The molecule has 0 N–H and O–H groups in total. The molecule has 0 radical (unpaired) electrons. The molecule has 0 heterocycles. The van der Waals surface area contributed by atoms with Gasteiger partial charge in [-0.2, -0.15) is 0 Å². The minimum Gasteiger partial charge on any atom is -0.300 e. The third kappa shape index (κ3) is 0.930. The Hall–Kier alpha value is -0.850. The van der Waals surface area contributed by atoms with Crippen LogP contribution in [0.1, 0.15) is 26.2 Å². The van der Waals surface area contributed by atoms with Crippen LogP contribution < -0.4 is 0 Å². The molecule has 0 saturated heterocycles. The van der Waals surface area contributed by atoms with E-state index in [1.54, 1.807) is 0 Å². The largest absolute Gasteiger partial charge is 0.300 e. The number of Topliss-reactive ketones (excluding diaryl/α,β-unsaturated/α-hetero) is 1. The average Bonchev–Trinajstić information content (AvgIpc) is 2.61. The standard InChI is InChI=1S/C13H16O/c1-13-5-3-2-4-10(13)6-9-7-11(14)8-12(9)13/h2-5,9-10,12H,6-8H2,1H3. The molecule has 3 aliphatic carbocycles. The highest BCUT2D eigenvalue weighted by atomic mass is 16.1. The van der Waals surface area contributed by atoms with Gasteiger partial charge in [0.1, 0.15) is 5.78 Å². The first-order valence-corrected chi connectivity index (χ1v) is 5.58. The Kier molecular flexibility index (Phi) is 1.56. The van der Waals surface area contributed by atoms with Gasteiger partial charge >= 0.3 is 0 Å². The van der Waals surface area contributed by atoms with Gasteiger partial charge in [-0.1, -0.05) is 31.2 Å². The summed E-state index contributed by atoms with van der Waals surface area (Å²) in [4.78, 5) is 11.4. The number of ketones is 1. The molecule has 3 rings (SSSR count). The van der Waals surface area contributed by atoms with E-state index in [0.717, 1.165) is 12.8 Å². The Morgan fingerprint density at radius 2 is 2.21 bits per heavy atom. The molecule has 1 nitrogen and oxygen atoms in total. The van der Waals surface area contributed by atoms with Crippen LogP contribution in [0.3, 0.4) is 0 Å². The first kappa shape index (κ1) is 8.46. The maximum atomic E-state index is 11.4. The van der Waals surface area contributed by atoms with Gasteiger partial charge in [-0.3, -0.25) is 4.79 Å². The molecule has 4 unspecified atom stereocenters. The smallest absolute Gasteiger partial charge is 0.133 e. The zero-order valence-corrected chi connectivity index (χ0v) is 8.57. The topological polar surface area (TPSA) is 17.1 Å². The van der Waals surface area contributed by atoms with Gasteiger partial charge in [-0.15, -0.1) is 0 Å². The predicted octanol–water partition coefficient (Wildman–Crippen LogP) is 2.73. The number of hydrogen-bond donors (Lipinski definition) is 0. The molecular formula is C13H16O. The molecule has 1 heteroatoms. The highest BCUT2D eigenvalue weighted by Crippen LogP contribution is 2.58. The number of allylic oxidation sites excluding steroid dienone is 4. The monoisotopic (exact) mass is 188 g/mol. The maximum Gasteiger partial charge on any atom is 0.133 e. The fourth-order valence-corrected chi connectivity index (χ4v) is 3.75. The molecule has 0 amide bonds. The van der Waals surface area contributed by atoms with Crippen molar-refractivity contribution < 1.29 is 4.79 Å². The van der Waals surface area contributed by atoms with Crippen LogP contribution in [0.25, 0.3) is 0 Å². The molecule has 14 heavy (non-hydrogen) atoms. The molecule has 2 saturated carbocycles. The van der Waals surface area contributed by atoms with Crippen molar-refractivity contribution in [3.05, 3.63) is 24.3 Å². The number of carbonyl (C=O) groups excluding carboxylic acids is 1. The lowest BCUT2D eigenvalue weighted by molar-refractivity contribution is -0.118. The Morgan fingerprint density at radius 1 is 1.36 bits per heavy atom. The molecule has 2 fully saturated rings. The van der Waals surface area contributed by atoms with Crippen molar-refractivity contribution >= 4 is 5.78 Å². The number of hydrogen-bond acceptors (Lipinski definition) is 1. The Bertz CT molecular complexity index is 339. The molecule has 0 aliphatic heterocycles. The Labute approximate surface area is 84.9 Å². The number of fused-ring (bicyclic) bond motifs is 3. The van der Waals surface area contributed by atoms with E-state index in [-0.39, 0.29) is 5.41 Å². The van der Waals surface area contributed by atoms with Gasteiger partial charge in [0.15, 0.2) is 0 Å². The van der Waals surface area contributed by atoms with E-state index in [1.165, 1.54) is 6.42 Å². The predicted molar refractivity (Wildman–Crippen MR) is 55.7 cm³/mol. The van der Waals surface area contributed by atoms with E-state index < -0.39 is 0 Å². The van der Waals surface area contributed by atoms with E-state index in [4.69, 9.17) is 0 Å². The van der Waals surface area contributed by atoms with Crippen LogP contribution in [0.4, 0.5) is 0 Å². The van der Waals surface area contributed by atoms with Crippen molar-refractivity contribution in [1.29, 1.82) is 0 Å². The number of carbonyl (C=O) groups is 1. The zero-order valence-electron chi connectivity index (χ0n) is 8.57. The summed E-state index contributed by atoms with van der Waals surface area (Å²) in [6.45, 7) is 2.33. The second-order valence-electron chi connectivity index (χ2n) is 5.27. The molecule has 3 aliphatic rings. The van der Waals surface area contributed by atoms with E-state index in [1.807, 2.05) is 0 Å². The summed E-state index contributed by atoms with van der Waals surface area (Å²) in [6.07, 6.45) is 11.9. The van der Waals surface area contributed by atoms with Gasteiger partial charge in [0.05, 0.1) is 0 Å². The molecule has 0 bridgehead atoms. The third-order valence-electron chi connectivity index (χ3n) is 4.57. The van der Waals surface area contributed by atoms with E-state index in [2.05, 4.69) is 31.2 Å². The SMILES string of the molecule is CC12C=CC=CC1CC1CC(=O)CC12. The van der Waals surface area contributed by atoms with Crippen molar-refractivity contribution in [2.45, 2.75) is 26.2 Å². The van der Waals surface area contributed by atoms with Crippen LogP contribution in [0.15, 0.2) is 24.3 Å². The third-order valence-corrected chi connectivity index (χ3v) is 4.57. The summed E-state index contributed by atoms with van der Waals surface area (Å²) >= 11 is 0. The van der Waals surface area contributed by atoms with Crippen LogP contribution in [-0.2, 0) is 4.79 Å². The molecule has 0 aromatic heterocycles. The van der Waals surface area contributed by atoms with Gasteiger partial charge < -0.3 is 0 Å². The fraction of sp³-hybridized carbons (Fsp3) is 0.615. The normalized spacial score (nSPS) is 49.5. The van der Waals surface area contributed by atoms with Gasteiger partial charge in [-0.05, 0) is 29.6 Å². The van der Waals surface area contributed by atoms with Crippen LogP contribution in [0.5, 0.6) is 0 Å². The van der Waals surface area contributed by atoms with Crippen molar-refractivity contribution in [2.24, 2.45) is 23.2 Å². The maximum absolute atomic E-state index is 11.4. The number of rotatable bonds is 0. The van der Waals surface area contributed by atoms with Crippen LogP contribution >= 0.6 is 0 Å².